The molecule has 8 aliphatic rings. The first kappa shape index (κ1) is 94.3. The summed E-state index contributed by atoms with van der Waals surface area (Å²) in [7, 11) is 0. The topological polar surface area (TPSA) is 209 Å². The molecular weight excluding hydrogens is 1440 g/mol. The first-order valence-electron chi connectivity index (χ1n) is 44.2. The fraction of sp³-hybridized carbons (Fsp3) is 0.660. The minimum atomic E-state index is -0.601. The lowest BCUT2D eigenvalue weighted by Gasteiger charge is -2.37. The Morgan fingerprint density at radius 1 is 0.348 bits per heavy atom. The zero-order valence-corrected chi connectivity index (χ0v) is 73.0. The number of nitrogens with zero attached hydrogens (tertiary/aromatic N) is 6. The lowest BCUT2D eigenvalue weighted by Crippen LogP contribution is -2.48. The second-order valence-electron chi connectivity index (χ2n) is 37.0. The number of allylic oxidation sites excluding steroid dienone is 3. The Bertz CT molecular complexity index is 3410. The van der Waals surface area contributed by atoms with Crippen molar-refractivity contribution < 1.29 is 43.2 Å². The van der Waals surface area contributed by atoms with Gasteiger partial charge >= 0.3 is 0 Å². The van der Waals surface area contributed by atoms with Gasteiger partial charge < -0.3 is 45.3 Å². The van der Waals surface area contributed by atoms with E-state index in [9.17, 15) is 43.2 Å². The number of rotatable bonds is 33. The number of Topliss-reactive ketones (excluding diaryl/α,β-unsaturated/α-hetero) is 3. The van der Waals surface area contributed by atoms with E-state index in [0.29, 0.717) is 104 Å². The fourth-order valence-corrected chi connectivity index (χ4v) is 18.8. The maximum absolute atomic E-state index is 13.2. The monoisotopic (exact) mass is 1580 g/mol. The minimum Gasteiger partial charge on any atom is -0.372 e. The van der Waals surface area contributed by atoms with Crippen molar-refractivity contribution in [3.8, 4) is 0 Å². The summed E-state index contributed by atoms with van der Waals surface area (Å²) in [5.41, 5.74) is 8.40. The van der Waals surface area contributed by atoms with Gasteiger partial charge in [-0.1, -0.05) is 141 Å². The van der Waals surface area contributed by atoms with Crippen LogP contribution in [0, 0.1) is 59.2 Å². The number of carbonyl (C=O) groups is 9. The van der Waals surface area contributed by atoms with Gasteiger partial charge in [-0.25, -0.2) is 0 Å². The second-order valence-corrected chi connectivity index (χ2v) is 37.0. The first-order chi connectivity index (χ1) is 54.4. The fourth-order valence-electron chi connectivity index (χ4n) is 18.8. The van der Waals surface area contributed by atoms with E-state index in [1.807, 2.05) is 76.5 Å². The van der Waals surface area contributed by atoms with Crippen molar-refractivity contribution in [2.75, 3.05) is 85.1 Å². The van der Waals surface area contributed by atoms with Gasteiger partial charge in [-0.2, -0.15) is 0 Å². The summed E-state index contributed by atoms with van der Waals surface area (Å²) in [6.45, 7) is 64.5. The number of piperidine rings is 6. The van der Waals surface area contributed by atoms with E-state index in [1.165, 1.54) is 57.8 Å². The molecule has 0 bridgehead atoms. The van der Waals surface area contributed by atoms with Crippen molar-refractivity contribution in [1.82, 2.24) is 45.3 Å². The van der Waals surface area contributed by atoms with Crippen LogP contribution in [0.25, 0.3) is 0 Å². The number of carbonyl (C=O) groups excluding carboxylic acids is 9. The summed E-state index contributed by atoms with van der Waals surface area (Å²) in [5, 5.41) is 9.62. The molecule has 6 amide bonds. The van der Waals surface area contributed by atoms with E-state index >= 15 is 0 Å². The molecule has 18 heteroatoms. The molecule has 18 nitrogen and oxygen atoms in total. The number of unbranched alkanes of at least 4 members (excludes halogenated alkanes) is 4. The molecule has 0 radical (unpaired) electrons. The molecule has 6 aliphatic heterocycles. The van der Waals surface area contributed by atoms with Crippen LogP contribution in [-0.4, -0.2) is 167 Å². The van der Waals surface area contributed by atoms with E-state index in [4.69, 9.17) is 0 Å². The summed E-state index contributed by atoms with van der Waals surface area (Å²) in [4.78, 5) is 126. The highest BCUT2D eigenvalue weighted by Crippen LogP contribution is 2.42. The van der Waals surface area contributed by atoms with Crippen molar-refractivity contribution in [1.29, 1.82) is 0 Å². The van der Waals surface area contributed by atoms with Crippen molar-refractivity contribution in [3.05, 3.63) is 145 Å². The van der Waals surface area contributed by atoms with Gasteiger partial charge in [0.1, 0.15) is 17.3 Å². The standard InChI is InChI=1S/C36H56N2O3.C33H48N4O3.C28H45N3O3/c1-25(2)27(5)37-16-12-32(13-17-37)34(39)23-30-10-6-8-28(21-30)20-29-9-7-11-31(22-29)24-35(40)33-14-18-38(19-15-33)36(41)26(3)4;1-22(2)24(5)36-17-13-25(14-18-36)29(38)34-32(6,7)27-11-10-12-28(21-27)33(8,9)35-30(39)26-15-19-37(20-16-26)31(40)23(3)4;1-21(2)23(5)30-17-14-25(15-18-30)27(33)29-16-10-8-6-7-9-11-26(32)24-12-19-31(20-13-24)28(34)22(3)4/h28-33H,1,3,5-24H2,2,4H3;10-12,21,25-26H,1,3,5,13-20H2,2,4,6-9H3,(H,34,38)(H,35,39);24-25H,1,3,5-20H2,2,4H3,(H,29,33). The zero-order chi connectivity index (χ0) is 84.4. The molecule has 4 unspecified atom stereocenters. The van der Waals surface area contributed by atoms with E-state index in [1.54, 1.807) is 25.7 Å². The summed E-state index contributed by atoms with van der Waals surface area (Å²) < 4.78 is 0. The Labute approximate surface area is 693 Å². The molecule has 1 aromatic carbocycles. The van der Waals surface area contributed by atoms with Crippen LogP contribution < -0.4 is 16.0 Å². The molecule has 4 atom stereocenters. The normalized spacial score (nSPS) is 21.2. The molecule has 0 aromatic heterocycles. The number of benzene rings is 1. The van der Waals surface area contributed by atoms with Crippen LogP contribution in [0.4, 0.5) is 0 Å². The van der Waals surface area contributed by atoms with E-state index in [-0.39, 0.29) is 71.0 Å². The molecule has 0 spiro atoms. The van der Waals surface area contributed by atoms with Crippen LogP contribution >= 0.6 is 0 Å². The molecular formula is C97H149N9O9. The minimum absolute atomic E-state index is 0.00561. The van der Waals surface area contributed by atoms with E-state index in [0.717, 1.165) is 212 Å². The Kier molecular flexibility index (Phi) is 37.0. The Morgan fingerprint density at radius 3 is 0.965 bits per heavy atom. The average molecular weight is 1590 g/mol. The van der Waals surface area contributed by atoms with Crippen LogP contribution in [-0.2, 0) is 54.2 Å². The van der Waals surface area contributed by atoms with Gasteiger partial charge in [-0.3, -0.25) is 43.2 Å². The lowest BCUT2D eigenvalue weighted by atomic mass is 9.70. The predicted octanol–water partition coefficient (Wildman–Crippen LogP) is 17.2. The van der Waals surface area contributed by atoms with Crippen molar-refractivity contribution in [2.45, 2.75) is 267 Å². The zero-order valence-electron chi connectivity index (χ0n) is 73.0. The number of likely N-dealkylation sites (tertiary alicyclic amines) is 6. The molecule has 2 saturated carbocycles. The number of ketones is 3. The summed E-state index contributed by atoms with van der Waals surface area (Å²) in [6, 6.07) is 8.10. The maximum atomic E-state index is 13.2. The predicted molar refractivity (Wildman–Crippen MR) is 466 cm³/mol. The highest BCUT2D eigenvalue weighted by Gasteiger charge is 2.38. The summed E-state index contributed by atoms with van der Waals surface area (Å²) in [5.74, 6) is 4.52. The molecule has 6 saturated heterocycles. The van der Waals surface area contributed by atoms with Crippen molar-refractivity contribution in [2.24, 2.45) is 59.2 Å². The number of nitrogens with one attached hydrogen (secondary N) is 3. The van der Waals surface area contributed by atoms with Crippen molar-refractivity contribution in [3.63, 3.8) is 0 Å². The smallest absolute Gasteiger partial charge is 0.248 e. The molecule has 636 valence electrons. The SMILES string of the molecule is C=C(C)C(=C)N1CCC(C(=O)CC2CCCC(CC3CCCC(CC(=O)C4CCN(C(=O)C(=C)C)CC4)C3)C2)CC1.C=C(C)C(=C)N1CCC(C(=O)NC(C)(C)c2cccc(C(C)(C)NC(=O)C3CCN(C(=O)C(=C)C)CC3)c2)CC1.C=C(C)C(=C)N1CCC(C(=O)NCCCCCCCC(=O)C2CCN(C(=O)C(=C)C)CC2)CC1. The van der Waals surface area contributed by atoms with E-state index in [2.05, 4.69) is 95.9 Å². The maximum Gasteiger partial charge on any atom is 0.248 e. The second kappa shape index (κ2) is 45.2. The molecule has 3 N–H and O–H groups in total. The third-order valence-corrected chi connectivity index (χ3v) is 26.5. The summed E-state index contributed by atoms with van der Waals surface area (Å²) in [6.07, 6.45) is 28.2. The quantitative estimate of drug-likeness (QED) is 0.0341. The van der Waals surface area contributed by atoms with Gasteiger partial charge in [0.25, 0.3) is 0 Å². The van der Waals surface area contributed by atoms with Gasteiger partial charge in [0.05, 0.1) is 11.1 Å². The van der Waals surface area contributed by atoms with Crippen LogP contribution in [0.3, 0.4) is 0 Å². The van der Waals surface area contributed by atoms with Gasteiger partial charge in [-0.15, -0.1) is 0 Å². The van der Waals surface area contributed by atoms with Gasteiger partial charge in [0, 0.05) is 174 Å². The number of hydrogen-bond acceptors (Lipinski definition) is 12. The third kappa shape index (κ3) is 29.0. The highest BCUT2D eigenvalue weighted by molar-refractivity contribution is 5.94. The molecule has 1 aromatic rings. The highest BCUT2D eigenvalue weighted by atomic mass is 16.2. The van der Waals surface area contributed by atoms with Crippen LogP contribution in [0.5, 0.6) is 0 Å². The Hall–Kier alpha value is -7.89. The van der Waals surface area contributed by atoms with Gasteiger partial charge in [0.2, 0.25) is 35.4 Å². The first-order valence-corrected chi connectivity index (χ1v) is 44.2. The largest absolute Gasteiger partial charge is 0.372 e. The third-order valence-electron chi connectivity index (χ3n) is 26.5. The molecule has 6 heterocycles. The molecule has 9 rings (SSSR count). The summed E-state index contributed by atoms with van der Waals surface area (Å²) >= 11 is 0. The molecule has 2 aliphatic carbocycles. The molecule has 8 fully saturated rings. The van der Waals surface area contributed by atoms with Crippen LogP contribution in [0.15, 0.2) is 134 Å². The lowest BCUT2D eigenvalue weighted by molar-refractivity contribution is -0.133. The van der Waals surface area contributed by atoms with Gasteiger partial charge in [0.15, 0.2) is 0 Å². The average Bonchev–Trinajstić information content (AvgIpc) is 0.777. The van der Waals surface area contributed by atoms with Gasteiger partial charge in [-0.05, 0) is 230 Å². The van der Waals surface area contributed by atoms with E-state index < -0.39 is 11.1 Å². The Balaban J connectivity index is 0.000000240. The Morgan fingerprint density at radius 2 is 0.635 bits per heavy atom. The number of amides is 6. The van der Waals surface area contributed by atoms with Crippen molar-refractivity contribution >= 4 is 52.8 Å². The number of hydrogen-bond donors (Lipinski definition) is 3. The van der Waals surface area contributed by atoms with Crippen LogP contribution in [0.1, 0.15) is 267 Å². The van der Waals surface area contributed by atoms with Crippen LogP contribution in [0.2, 0.25) is 0 Å². The molecule has 115 heavy (non-hydrogen) atoms.